The second-order valence-corrected chi connectivity index (χ2v) is 7.21. The van der Waals surface area contributed by atoms with Gasteiger partial charge in [0.25, 0.3) is 5.69 Å². The van der Waals surface area contributed by atoms with Gasteiger partial charge in [0.1, 0.15) is 6.04 Å². The second kappa shape index (κ2) is 9.29. The molecule has 0 unspecified atom stereocenters. The summed E-state index contributed by atoms with van der Waals surface area (Å²) in [5.74, 6) is -1.65. The smallest absolute Gasteiger partial charge is 0.326 e. The molecule has 0 spiro atoms. The molecule has 0 saturated heterocycles. The fraction of sp³-hybridized carbons (Fsp3) is 0.526. The molecule has 1 aromatic carbocycles. The molecule has 0 radical (unpaired) electrons. The summed E-state index contributed by atoms with van der Waals surface area (Å²) in [7, 11) is 0. The van der Waals surface area contributed by atoms with Gasteiger partial charge in [0.2, 0.25) is 11.8 Å². The van der Waals surface area contributed by atoms with E-state index in [2.05, 4.69) is 10.6 Å². The monoisotopic (exact) mass is 391 g/mol. The van der Waals surface area contributed by atoms with Gasteiger partial charge in [0.05, 0.1) is 10.3 Å². The third-order valence-electron chi connectivity index (χ3n) is 5.21. The van der Waals surface area contributed by atoms with Crippen LogP contribution in [0.1, 0.15) is 44.6 Å². The lowest BCUT2D eigenvalue weighted by Gasteiger charge is -2.29. The maximum absolute atomic E-state index is 12.9. The van der Waals surface area contributed by atoms with Crippen molar-refractivity contribution in [2.75, 3.05) is 6.54 Å². The second-order valence-electron chi connectivity index (χ2n) is 7.21. The number of rotatable bonds is 9. The zero-order valence-corrected chi connectivity index (χ0v) is 15.8. The summed E-state index contributed by atoms with van der Waals surface area (Å²) >= 11 is 0. The Bertz CT molecular complexity index is 741. The van der Waals surface area contributed by atoms with Crippen LogP contribution in [0.15, 0.2) is 24.3 Å². The van der Waals surface area contributed by atoms with E-state index in [0.29, 0.717) is 31.4 Å². The number of aliphatic carboxylic acids is 1. The van der Waals surface area contributed by atoms with E-state index in [-0.39, 0.29) is 23.9 Å². The third-order valence-corrected chi connectivity index (χ3v) is 5.21. The summed E-state index contributed by atoms with van der Waals surface area (Å²) in [6.07, 6.45) is 3.56. The Morgan fingerprint density at radius 3 is 2.32 bits per heavy atom. The minimum atomic E-state index is -1.17. The molecule has 9 heteroatoms. The maximum atomic E-state index is 12.9. The molecule has 0 aliphatic heterocycles. The van der Waals surface area contributed by atoms with E-state index in [1.807, 2.05) is 0 Å². The standard InChI is InChI=1S/C19H25N3O6/c1-13(23)20-11-10-19(8-2-3-9-19)18(26)21-16(17(24)25)12-14-4-6-15(7-5-14)22(27)28/h4-7,16H,2-3,8-12H2,1H3,(H,20,23)(H,21,26)(H,24,25)/t16-/m0/s1. The number of benzene rings is 1. The van der Waals surface area contributed by atoms with Crippen molar-refractivity contribution in [3.8, 4) is 0 Å². The lowest BCUT2D eigenvalue weighted by Crippen LogP contribution is -2.49. The Kier molecular flexibility index (Phi) is 7.08. The Labute approximate surface area is 162 Å². The van der Waals surface area contributed by atoms with Crippen molar-refractivity contribution in [1.82, 2.24) is 10.6 Å². The molecule has 152 valence electrons. The average molecular weight is 391 g/mol. The molecule has 0 bridgehead atoms. The van der Waals surface area contributed by atoms with Gasteiger partial charge < -0.3 is 15.7 Å². The average Bonchev–Trinajstić information content (AvgIpc) is 3.11. The van der Waals surface area contributed by atoms with Gasteiger partial charge in [0.15, 0.2) is 0 Å². The van der Waals surface area contributed by atoms with E-state index >= 15 is 0 Å². The number of hydrogen-bond acceptors (Lipinski definition) is 5. The number of carbonyl (C=O) groups is 3. The van der Waals surface area contributed by atoms with Crippen LogP contribution in [0.25, 0.3) is 0 Å². The molecular formula is C19H25N3O6. The van der Waals surface area contributed by atoms with Crippen LogP contribution in [0.5, 0.6) is 0 Å². The molecule has 0 aromatic heterocycles. The van der Waals surface area contributed by atoms with E-state index in [9.17, 15) is 29.6 Å². The van der Waals surface area contributed by atoms with Crippen molar-refractivity contribution in [2.24, 2.45) is 5.41 Å². The number of nitro benzene ring substituents is 1. The lowest BCUT2D eigenvalue weighted by atomic mass is 9.81. The van der Waals surface area contributed by atoms with Crippen molar-refractivity contribution < 1.29 is 24.4 Å². The molecule has 3 N–H and O–H groups in total. The van der Waals surface area contributed by atoms with Gasteiger partial charge in [-0.05, 0) is 24.8 Å². The lowest BCUT2D eigenvalue weighted by molar-refractivity contribution is -0.384. The fourth-order valence-corrected chi connectivity index (χ4v) is 3.62. The van der Waals surface area contributed by atoms with Crippen molar-refractivity contribution in [1.29, 1.82) is 0 Å². The molecular weight excluding hydrogens is 366 g/mol. The van der Waals surface area contributed by atoms with E-state index in [0.717, 1.165) is 12.8 Å². The summed E-state index contributed by atoms with van der Waals surface area (Å²) < 4.78 is 0. The van der Waals surface area contributed by atoms with Crippen LogP contribution in [0, 0.1) is 15.5 Å². The zero-order chi connectivity index (χ0) is 20.7. The molecule has 0 heterocycles. The molecule has 1 aliphatic rings. The highest BCUT2D eigenvalue weighted by molar-refractivity contribution is 5.88. The minimum Gasteiger partial charge on any atom is -0.480 e. The molecule has 1 atom stereocenters. The number of hydrogen-bond donors (Lipinski definition) is 3. The summed E-state index contributed by atoms with van der Waals surface area (Å²) in [5, 5.41) is 25.6. The molecule has 1 aliphatic carbocycles. The van der Waals surface area contributed by atoms with Crippen molar-refractivity contribution >= 4 is 23.5 Å². The van der Waals surface area contributed by atoms with Crippen LogP contribution in [0.2, 0.25) is 0 Å². The highest BCUT2D eigenvalue weighted by Gasteiger charge is 2.42. The van der Waals surface area contributed by atoms with Gasteiger partial charge in [-0.15, -0.1) is 0 Å². The van der Waals surface area contributed by atoms with Crippen molar-refractivity contribution in [3.05, 3.63) is 39.9 Å². The van der Waals surface area contributed by atoms with E-state index in [4.69, 9.17) is 0 Å². The van der Waals surface area contributed by atoms with Crippen molar-refractivity contribution in [2.45, 2.75) is 51.5 Å². The quantitative estimate of drug-likeness (QED) is 0.433. The summed E-state index contributed by atoms with van der Waals surface area (Å²) in [5.41, 5.74) is -0.175. The first-order valence-corrected chi connectivity index (χ1v) is 9.25. The van der Waals surface area contributed by atoms with Gasteiger partial charge in [-0.2, -0.15) is 0 Å². The molecule has 1 aromatic rings. The van der Waals surface area contributed by atoms with E-state index in [1.165, 1.54) is 31.2 Å². The third kappa shape index (κ3) is 5.51. The van der Waals surface area contributed by atoms with Crippen LogP contribution in [-0.2, 0) is 20.8 Å². The number of carboxylic acids is 1. The number of amides is 2. The topological polar surface area (TPSA) is 139 Å². The van der Waals surface area contributed by atoms with Gasteiger partial charge >= 0.3 is 5.97 Å². The Balaban J connectivity index is 2.06. The molecule has 2 amide bonds. The van der Waals surface area contributed by atoms with E-state index in [1.54, 1.807) is 0 Å². The van der Waals surface area contributed by atoms with Crippen LogP contribution in [-0.4, -0.2) is 40.4 Å². The van der Waals surface area contributed by atoms with Crippen LogP contribution >= 0.6 is 0 Å². The number of nitrogens with zero attached hydrogens (tertiary/aromatic N) is 1. The van der Waals surface area contributed by atoms with Gasteiger partial charge in [-0.25, -0.2) is 4.79 Å². The molecule has 9 nitrogen and oxygen atoms in total. The van der Waals surface area contributed by atoms with E-state index < -0.39 is 22.3 Å². The molecule has 1 saturated carbocycles. The predicted octanol–water partition coefficient (Wildman–Crippen LogP) is 1.79. The summed E-state index contributed by atoms with van der Waals surface area (Å²) in [6.45, 7) is 1.77. The fourth-order valence-electron chi connectivity index (χ4n) is 3.62. The number of carbonyl (C=O) groups excluding carboxylic acids is 2. The highest BCUT2D eigenvalue weighted by Crippen LogP contribution is 2.41. The van der Waals surface area contributed by atoms with Crippen LogP contribution in [0.3, 0.4) is 0 Å². The molecule has 2 rings (SSSR count). The minimum absolute atomic E-state index is 0.0286. The van der Waals surface area contributed by atoms with Gasteiger partial charge in [-0.1, -0.05) is 25.0 Å². The first-order valence-electron chi connectivity index (χ1n) is 9.25. The maximum Gasteiger partial charge on any atom is 0.326 e. The number of carboxylic acid groups (broad SMARTS) is 1. The SMILES string of the molecule is CC(=O)NCCC1(C(=O)N[C@@H](Cc2ccc([N+](=O)[O-])cc2)C(=O)O)CCCC1. The van der Waals surface area contributed by atoms with Crippen LogP contribution < -0.4 is 10.6 Å². The Morgan fingerprint density at radius 2 is 1.82 bits per heavy atom. The van der Waals surface area contributed by atoms with Gasteiger partial charge in [0, 0.05) is 32.0 Å². The summed E-state index contributed by atoms with van der Waals surface area (Å²) in [6, 6.07) is 4.46. The first kappa shape index (κ1) is 21.3. The number of nitro groups is 1. The molecule has 1 fully saturated rings. The largest absolute Gasteiger partial charge is 0.480 e. The van der Waals surface area contributed by atoms with Crippen molar-refractivity contribution in [3.63, 3.8) is 0 Å². The van der Waals surface area contributed by atoms with Crippen LogP contribution in [0.4, 0.5) is 5.69 Å². The molecule has 28 heavy (non-hydrogen) atoms. The Morgan fingerprint density at radius 1 is 1.21 bits per heavy atom. The normalized spacial score (nSPS) is 16.2. The number of non-ortho nitro benzene ring substituents is 1. The highest BCUT2D eigenvalue weighted by atomic mass is 16.6. The first-order chi connectivity index (χ1) is 13.2. The Hall–Kier alpha value is -2.97. The van der Waals surface area contributed by atoms with Gasteiger partial charge in [-0.3, -0.25) is 19.7 Å². The zero-order valence-electron chi connectivity index (χ0n) is 15.8. The predicted molar refractivity (Wildman–Crippen MR) is 101 cm³/mol. The number of nitrogens with one attached hydrogen (secondary N) is 2. The summed E-state index contributed by atoms with van der Waals surface area (Å²) in [4.78, 5) is 45.9.